The van der Waals surface area contributed by atoms with Crippen LogP contribution in [-0.2, 0) is 6.18 Å². The van der Waals surface area contributed by atoms with Gasteiger partial charge in [0.25, 0.3) is 0 Å². The number of hydrogen-bond donors (Lipinski definition) is 2. The number of carboxylic acid groups (broad SMARTS) is 1. The van der Waals surface area contributed by atoms with E-state index in [-0.39, 0.29) is 5.88 Å². The fourth-order valence-electron chi connectivity index (χ4n) is 1.38. The normalized spacial score (nSPS) is 11.4. The number of aromatic carboxylic acids is 1. The summed E-state index contributed by atoms with van der Waals surface area (Å²) in [6, 6.07) is 2.76. The second-order valence-corrected chi connectivity index (χ2v) is 3.84. The Hall–Kier alpha value is -2.58. The molecule has 0 saturated carbocycles. The van der Waals surface area contributed by atoms with Crippen molar-refractivity contribution in [2.45, 2.75) is 13.1 Å². The monoisotopic (exact) mass is 287 g/mol. The summed E-state index contributed by atoms with van der Waals surface area (Å²) < 4.78 is 42.7. The number of aryl methyl sites for hydroxylation is 1. The number of aromatic nitrogens is 3. The zero-order chi connectivity index (χ0) is 14.9. The van der Waals surface area contributed by atoms with Crippen LogP contribution < -0.4 is 4.74 Å². The van der Waals surface area contributed by atoms with Crippen molar-refractivity contribution in [2.24, 2.45) is 0 Å². The number of hydrogen-bond acceptors (Lipinski definition) is 4. The molecule has 0 bridgehead atoms. The van der Waals surface area contributed by atoms with E-state index in [4.69, 9.17) is 9.84 Å². The number of aromatic amines is 1. The molecule has 0 atom stereocenters. The van der Waals surface area contributed by atoms with Crippen LogP contribution in [-0.4, -0.2) is 26.3 Å². The van der Waals surface area contributed by atoms with Gasteiger partial charge in [0.05, 0.1) is 0 Å². The van der Waals surface area contributed by atoms with Crippen molar-refractivity contribution >= 4 is 5.97 Å². The Morgan fingerprint density at radius 1 is 1.40 bits per heavy atom. The number of nitrogens with zero attached hydrogens (tertiary/aromatic N) is 2. The largest absolute Gasteiger partial charge is 0.477 e. The van der Waals surface area contributed by atoms with Gasteiger partial charge in [0.15, 0.2) is 0 Å². The minimum absolute atomic E-state index is 0.0724. The Balaban J connectivity index is 2.44. The van der Waals surface area contributed by atoms with E-state index in [2.05, 4.69) is 15.2 Å². The Labute approximate surface area is 110 Å². The summed E-state index contributed by atoms with van der Waals surface area (Å²) in [5.74, 6) is -2.19. The summed E-state index contributed by atoms with van der Waals surface area (Å²) >= 11 is 0. The highest BCUT2D eigenvalue weighted by molar-refractivity contribution is 5.90. The van der Waals surface area contributed by atoms with E-state index in [0.717, 1.165) is 6.07 Å². The second-order valence-electron chi connectivity index (χ2n) is 3.84. The highest BCUT2D eigenvalue weighted by Crippen LogP contribution is 2.31. The Morgan fingerprint density at radius 3 is 2.60 bits per heavy atom. The van der Waals surface area contributed by atoms with Gasteiger partial charge in [-0.2, -0.15) is 13.2 Å². The van der Waals surface area contributed by atoms with E-state index in [0.29, 0.717) is 11.8 Å². The van der Waals surface area contributed by atoms with E-state index in [1.807, 2.05) is 0 Å². The van der Waals surface area contributed by atoms with Crippen molar-refractivity contribution in [1.29, 1.82) is 0 Å². The molecule has 0 fully saturated rings. The van der Waals surface area contributed by atoms with Crippen molar-refractivity contribution in [1.82, 2.24) is 15.2 Å². The van der Waals surface area contributed by atoms with Crippen LogP contribution in [0.15, 0.2) is 18.2 Å². The van der Waals surface area contributed by atoms with Gasteiger partial charge < -0.3 is 9.84 Å². The number of carboxylic acids is 1. The average molecular weight is 287 g/mol. The highest BCUT2D eigenvalue weighted by Gasteiger charge is 2.34. The summed E-state index contributed by atoms with van der Waals surface area (Å²) in [7, 11) is 0. The fraction of sp³-hybridized carbons (Fsp3) is 0.182. The van der Waals surface area contributed by atoms with Crippen molar-refractivity contribution in [2.75, 3.05) is 0 Å². The van der Waals surface area contributed by atoms with Gasteiger partial charge in [-0.05, 0) is 19.1 Å². The summed E-state index contributed by atoms with van der Waals surface area (Å²) in [6.07, 6.45) is -4.70. The quantitative estimate of drug-likeness (QED) is 0.906. The van der Waals surface area contributed by atoms with Crippen LogP contribution in [0.3, 0.4) is 0 Å². The van der Waals surface area contributed by atoms with Gasteiger partial charge in [-0.1, -0.05) is 0 Å². The Bertz CT molecular complexity index is 652. The maximum Gasteiger partial charge on any atom is 0.433 e. The van der Waals surface area contributed by atoms with Gasteiger partial charge in [-0.3, -0.25) is 5.10 Å². The molecule has 2 rings (SSSR count). The minimum atomic E-state index is -4.70. The minimum Gasteiger partial charge on any atom is -0.477 e. The summed E-state index contributed by atoms with van der Waals surface area (Å²) in [5, 5.41) is 15.1. The molecular weight excluding hydrogens is 279 g/mol. The zero-order valence-corrected chi connectivity index (χ0v) is 10.0. The van der Waals surface area contributed by atoms with Crippen LogP contribution in [0.2, 0.25) is 0 Å². The lowest BCUT2D eigenvalue weighted by Crippen LogP contribution is -2.11. The molecule has 0 radical (unpaired) electrons. The summed E-state index contributed by atoms with van der Waals surface area (Å²) in [4.78, 5) is 14.1. The Kier molecular flexibility index (Phi) is 3.35. The molecule has 0 unspecified atom stereocenters. The lowest BCUT2D eigenvalue weighted by Gasteiger charge is -2.09. The van der Waals surface area contributed by atoms with Crippen molar-refractivity contribution in [3.8, 4) is 11.8 Å². The van der Waals surface area contributed by atoms with Crippen molar-refractivity contribution in [3.05, 3.63) is 35.2 Å². The van der Waals surface area contributed by atoms with Gasteiger partial charge in [-0.15, -0.1) is 5.10 Å². The molecule has 2 aromatic rings. The number of carbonyl (C=O) groups is 1. The van der Waals surface area contributed by atoms with Gasteiger partial charge in [-0.25, -0.2) is 9.78 Å². The smallest absolute Gasteiger partial charge is 0.433 e. The molecule has 20 heavy (non-hydrogen) atoms. The standard InChI is InChI=1S/C11H8F3N3O3/c1-5-4-8(17-16-5)20-9-6(10(18)19)2-3-7(15-9)11(12,13)14/h2-4H,1H3,(H,16,17)(H,18,19). The second kappa shape index (κ2) is 4.83. The topological polar surface area (TPSA) is 88.1 Å². The van der Waals surface area contributed by atoms with Crippen LogP contribution in [0, 0.1) is 6.92 Å². The van der Waals surface area contributed by atoms with Crippen LogP contribution in [0.5, 0.6) is 11.8 Å². The molecule has 0 spiro atoms. The molecule has 0 aromatic carbocycles. The first kappa shape index (κ1) is 13.8. The lowest BCUT2D eigenvalue weighted by atomic mass is 10.2. The molecule has 0 aliphatic rings. The predicted octanol–water partition coefficient (Wildman–Crippen LogP) is 2.62. The van der Waals surface area contributed by atoms with Crippen molar-refractivity contribution in [3.63, 3.8) is 0 Å². The third-order valence-electron chi connectivity index (χ3n) is 2.26. The molecule has 2 N–H and O–H groups in total. The molecule has 106 valence electrons. The molecular formula is C11H8F3N3O3. The first-order valence-corrected chi connectivity index (χ1v) is 5.29. The van der Waals surface area contributed by atoms with Gasteiger partial charge in [0, 0.05) is 11.8 Å². The van der Waals surface area contributed by atoms with Crippen LogP contribution >= 0.6 is 0 Å². The Morgan fingerprint density at radius 2 is 2.10 bits per heavy atom. The predicted molar refractivity (Wildman–Crippen MR) is 59.6 cm³/mol. The zero-order valence-electron chi connectivity index (χ0n) is 10.0. The third kappa shape index (κ3) is 2.87. The van der Waals surface area contributed by atoms with E-state index in [9.17, 15) is 18.0 Å². The summed E-state index contributed by atoms with van der Waals surface area (Å²) in [6.45, 7) is 1.65. The van der Waals surface area contributed by atoms with E-state index in [1.54, 1.807) is 6.92 Å². The molecule has 6 nitrogen and oxygen atoms in total. The first-order valence-electron chi connectivity index (χ1n) is 5.29. The molecule has 2 heterocycles. The maximum atomic E-state index is 12.6. The van der Waals surface area contributed by atoms with Crippen LogP contribution in [0.1, 0.15) is 21.7 Å². The van der Waals surface area contributed by atoms with E-state index in [1.165, 1.54) is 6.07 Å². The number of nitrogens with one attached hydrogen (secondary N) is 1. The van der Waals surface area contributed by atoms with Crippen molar-refractivity contribution < 1.29 is 27.8 Å². The SMILES string of the molecule is Cc1cc(Oc2nc(C(F)(F)F)ccc2C(=O)O)n[nH]1. The fourth-order valence-corrected chi connectivity index (χ4v) is 1.38. The van der Waals surface area contributed by atoms with Crippen LogP contribution in [0.4, 0.5) is 13.2 Å². The number of ether oxygens (including phenoxy) is 1. The number of halogens is 3. The number of pyridine rings is 1. The highest BCUT2D eigenvalue weighted by atomic mass is 19.4. The molecule has 0 amide bonds. The number of alkyl halides is 3. The maximum absolute atomic E-state index is 12.6. The molecule has 2 aromatic heterocycles. The molecule has 0 aliphatic carbocycles. The van der Waals surface area contributed by atoms with Gasteiger partial charge >= 0.3 is 12.1 Å². The number of rotatable bonds is 3. The summed E-state index contributed by atoms with van der Waals surface area (Å²) in [5.41, 5.74) is -1.13. The molecule has 0 aliphatic heterocycles. The van der Waals surface area contributed by atoms with Crippen LogP contribution in [0.25, 0.3) is 0 Å². The third-order valence-corrected chi connectivity index (χ3v) is 2.26. The van der Waals surface area contributed by atoms with Gasteiger partial charge in [0.2, 0.25) is 11.8 Å². The average Bonchev–Trinajstić information content (AvgIpc) is 2.73. The van der Waals surface area contributed by atoms with E-state index < -0.39 is 29.3 Å². The first-order chi connectivity index (χ1) is 9.27. The molecule has 9 heteroatoms. The van der Waals surface area contributed by atoms with Gasteiger partial charge in [0.1, 0.15) is 11.3 Å². The lowest BCUT2D eigenvalue weighted by molar-refractivity contribution is -0.141. The molecule has 0 saturated heterocycles. The number of H-pyrrole nitrogens is 1. The van der Waals surface area contributed by atoms with E-state index >= 15 is 0 Å².